The van der Waals surface area contributed by atoms with Crippen LogP contribution in [-0.2, 0) is 10.5 Å². The first-order chi connectivity index (χ1) is 11.1. The van der Waals surface area contributed by atoms with Crippen molar-refractivity contribution >= 4 is 29.3 Å². The van der Waals surface area contributed by atoms with Crippen LogP contribution in [0.25, 0.3) is 0 Å². The second-order valence-electron chi connectivity index (χ2n) is 6.38. The first-order valence-electron chi connectivity index (χ1n) is 8.15. The molecular weight excluding hydrogens is 330 g/mol. The van der Waals surface area contributed by atoms with Gasteiger partial charge in [0.1, 0.15) is 0 Å². The summed E-state index contributed by atoms with van der Waals surface area (Å²) < 4.78 is 0. The lowest BCUT2D eigenvalue weighted by Crippen LogP contribution is -2.62. The van der Waals surface area contributed by atoms with Crippen LogP contribution in [0.2, 0.25) is 5.02 Å². The lowest BCUT2D eigenvalue weighted by Gasteiger charge is -2.46. The van der Waals surface area contributed by atoms with E-state index < -0.39 is 0 Å². The number of piperazine rings is 2. The highest BCUT2D eigenvalue weighted by Crippen LogP contribution is 2.21. The van der Waals surface area contributed by atoms with Gasteiger partial charge in [0.15, 0.2) is 0 Å². The van der Waals surface area contributed by atoms with Crippen molar-refractivity contribution in [1.29, 1.82) is 0 Å². The van der Waals surface area contributed by atoms with Crippen LogP contribution in [0.15, 0.2) is 24.3 Å². The molecular formula is C17H24ClN3OS. The van der Waals surface area contributed by atoms with Gasteiger partial charge in [-0.3, -0.25) is 9.69 Å². The zero-order valence-corrected chi connectivity index (χ0v) is 15.2. The maximum Gasteiger partial charge on any atom is 0.232 e. The number of carbonyl (C=O) groups is 1. The van der Waals surface area contributed by atoms with Crippen LogP contribution in [-0.4, -0.2) is 78.7 Å². The number of nitrogens with zero attached hydrogens (tertiary/aromatic N) is 3. The van der Waals surface area contributed by atoms with Crippen molar-refractivity contribution in [2.75, 3.05) is 52.1 Å². The minimum absolute atomic E-state index is 0.259. The summed E-state index contributed by atoms with van der Waals surface area (Å²) in [5, 5.41) is 0.784. The molecule has 1 atom stereocenters. The average Bonchev–Trinajstić information content (AvgIpc) is 2.55. The number of thioether (sulfide) groups is 1. The molecule has 0 aliphatic carbocycles. The second-order valence-corrected chi connectivity index (χ2v) is 7.77. The number of rotatable bonds is 4. The molecule has 23 heavy (non-hydrogen) atoms. The zero-order chi connectivity index (χ0) is 16.2. The Morgan fingerprint density at radius 2 is 2.00 bits per heavy atom. The van der Waals surface area contributed by atoms with Crippen LogP contribution in [0.4, 0.5) is 0 Å². The molecule has 1 aromatic carbocycles. The molecule has 2 aliphatic rings. The largest absolute Gasteiger partial charge is 0.339 e. The van der Waals surface area contributed by atoms with Crippen LogP contribution >= 0.6 is 23.4 Å². The molecule has 0 bridgehead atoms. The smallest absolute Gasteiger partial charge is 0.232 e. The lowest BCUT2D eigenvalue weighted by molar-refractivity contribution is -0.132. The quantitative estimate of drug-likeness (QED) is 0.827. The standard InChI is InChI=1S/C17H24ClN3OS/c1-19-6-7-20-8-9-21(11-15(20)10-19)17(22)13-23-12-14-4-2-3-5-16(14)18/h2-5,15H,6-13H2,1H3/t15-/m0/s1. The Kier molecular flexibility index (Phi) is 5.85. The topological polar surface area (TPSA) is 26.8 Å². The van der Waals surface area contributed by atoms with Gasteiger partial charge in [-0.05, 0) is 18.7 Å². The highest BCUT2D eigenvalue weighted by atomic mass is 35.5. The summed E-state index contributed by atoms with van der Waals surface area (Å²) in [6.07, 6.45) is 0. The average molecular weight is 354 g/mol. The van der Waals surface area contributed by atoms with E-state index in [1.807, 2.05) is 29.2 Å². The Balaban J connectivity index is 1.46. The number of amides is 1. The molecule has 3 rings (SSSR count). The van der Waals surface area contributed by atoms with Crippen LogP contribution in [0.1, 0.15) is 5.56 Å². The summed E-state index contributed by atoms with van der Waals surface area (Å²) in [5.41, 5.74) is 1.10. The van der Waals surface area contributed by atoms with E-state index in [1.165, 1.54) is 0 Å². The molecule has 0 radical (unpaired) electrons. The molecule has 0 N–H and O–H groups in total. The van der Waals surface area contributed by atoms with Gasteiger partial charge in [0.2, 0.25) is 5.91 Å². The molecule has 126 valence electrons. The van der Waals surface area contributed by atoms with Crippen molar-refractivity contribution in [3.8, 4) is 0 Å². The number of halogens is 1. The Labute approximate surface area is 147 Å². The fourth-order valence-electron chi connectivity index (χ4n) is 3.29. The summed E-state index contributed by atoms with van der Waals surface area (Å²) in [5.74, 6) is 1.58. The first kappa shape index (κ1) is 17.1. The third kappa shape index (κ3) is 4.41. The van der Waals surface area contributed by atoms with E-state index >= 15 is 0 Å². The number of likely N-dealkylation sites (N-methyl/N-ethyl adjacent to an activating group) is 1. The van der Waals surface area contributed by atoms with Crippen molar-refractivity contribution in [3.63, 3.8) is 0 Å². The number of hydrogen-bond donors (Lipinski definition) is 0. The summed E-state index contributed by atoms with van der Waals surface area (Å²) in [4.78, 5) is 19.4. The maximum absolute atomic E-state index is 12.5. The van der Waals surface area contributed by atoms with Gasteiger partial charge in [0.25, 0.3) is 0 Å². The van der Waals surface area contributed by atoms with E-state index in [4.69, 9.17) is 11.6 Å². The molecule has 0 unspecified atom stereocenters. The highest BCUT2D eigenvalue weighted by molar-refractivity contribution is 7.99. The van der Waals surface area contributed by atoms with Gasteiger partial charge in [-0.15, -0.1) is 11.8 Å². The van der Waals surface area contributed by atoms with Gasteiger partial charge < -0.3 is 9.80 Å². The fourth-order valence-corrected chi connectivity index (χ4v) is 4.50. The minimum atomic E-state index is 0.259. The number of hydrogen-bond acceptors (Lipinski definition) is 4. The van der Waals surface area contributed by atoms with Gasteiger partial charge in [0.05, 0.1) is 5.75 Å². The predicted octanol–water partition coefficient (Wildman–Crippen LogP) is 2.03. The molecule has 2 fully saturated rings. The van der Waals surface area contributed by atoms with Gasteiger partial charge in [-0.25, -0.2) is 0 Å². The molecule has 2 aliphatic heterocycles. The lowest BCUT2D eigenvalue weighted by atomic mass is 10.1. The van der Waals surface area contributed by atoms with E-state index in [0.29, 0.717) is 11.8 Å². The van der Waals surface area contributed by atoms with Crippen molar-refractivity contribution in [3.05, 3.63) is 34.9 Å². The fraction of sp³-hybridized carbons (Fsp3) is 0.588. The first-order valence-corrected chi connectivity index (χ1v) is 9.68. The summed E-state index contributed by atoms with van der Waals surface area (Å²) in [6.45, 7) is 6.08. The van der Waals surface area contributed by atoms with Crippen molar-refractivity contribution < 1.29 is 4.79 Å². The number of carbonyl (C=O) groups excluding carboxylic acids is 1. The van der Waals surface area contributed by atoms with Crippen molar-refractivity contribution in [1.82, 2.24) is 14.7 Å². The van der Waals surface area contributed by atoms with Crippen LogP contribution in [0.5, 0.6) is 0 Å². The third-order valence-corrected chi connectivity index (χ3v) is 6.02. The van der Waals surface area contributed by atoms with Gasteiger partial charge in [-0.1, -0.05) is 29.8 Å². The molecule has 2 heterocycles. The maximum atomic E-state index is 12.5. The van der Waals surface area contributed by atoms with E-state index in [0.717, 1.165) is 55.6 Å². The second kappa shape index (κ2) is 7.88. The van der Waals surface area contributed by atoms with Gasteiger partial charge in [-0.2, -0.15) is 0 Å². The Hall–Kier alpha value is -0.750. The summed E-state index contributed by atoms with van der Waals surface area (Å²) in [7, 11) is 2.16. The molecule has 2 saturated heterocycles. The minimum Gasteiger partial charge on any atom is -0.339 e. The Morgan fingerprint density at radius 1 is 1.22 bits per heavy atom. The monoisotopic (exact) mass is 353 g/mol. The molecule has 6 heteroatoms. The Bertz CT molecular complexity index is 556. The predicted molar refractivity (Wildman–Crippen MR) is 97.1 cm³/mol. The molecule has 1 amide bonds. The molecule has 1 aromatic rings. The van der Waals surface area contributed by atoms with E-state index in [9.17, 15) is 4.79 Å². The van der Waals surface area contributed by atoms with E-state index in [2.05, 4.69) is 16.8 Å². The van der Waals surface area contributed by atoms with Crippen LogP contribution < -0.4 is 0 Å². The Morgan fingerprint density at radius 3 is 2.83 bits per heavy atom. The van der Waals surface area contributed by atoms with Crippen LogP contribution in [0, 0.1) is 0 Å². The molecule has 0 spiro atoms. The SMILES string of the molecule is CN1CCN2CCN(C(=O)CSCc3ccccc3Cl)C[C@@H]2C1. The summed E-state index contributed by atoms with van der Waals surface area (Å²) in [6, 6.07) is 8.35. The number of benzene rings is 1. The van der Waals surface area contributed by atoms with Gasteiger partial charge in [0, 0.05) is 56.1 Å². The van der Waals surface area contributed by atoms with E-state index in [1.54, 1.807) is 11.8 Å². The molecule has 0 aromatic heterocycles. The molecule has 0 saturated carbocycles. The van der Waals surface area contributed by atoms with Crippen molar-refractivity contribution in [2.24, 2.45) is 0 Å². The highest BCUT2D eigenvalue weighted by Gasteiger charge is 2.32. The molecule has 4 nitrogen and oxygen atoms in total. The van der Waals surface area contributed by atoms with Crippen molar-refractivity contribution in [2.45, 2.75) is 11.8 Å². The zero-order valence-electron chi connectivity index (χ0n) is 13.6. The number of fused-ring (bicyclic) bond motifs is 1. The van der Waals surface area contributed by atoms with Gasteiger partial charge >= 0.3 is 0 Å². The third-order valence-electron chi connectivity index (χ3n) is 4.69. The van der Waals surface area contributed by atoms with Crippen LogP contribution in [0.3, 0.4) is 0 Å². The summed E-state index contributed by atoms with van der Waals surface area (Å²) >= 11 is 7.81. The normalized spacial score (nSPS) is 22.9. The van der Waals surface area contributed by atoms with E-state index in [-0.39, 0.29) is 5.91 Å².